The van der Waals surface area contributed by atoms with Crippen molar-refractivity contribution in [2.75, 3.05) is 19.1 Å². The van der Waals surface area contributed by atoms with Gasteiger partial charge in [0.1, 0.15) is 9.84 Å². The summed E-state index contributed by atoms with van der Waals surface area (Å²) in [6.45, 7) is 0. The summed E-state index contributed by atoms with van der Waals surface area (Å²) in [7, 11) is -1.41. The average molecular weight is 278 g/mol. The Bertz CT molecular complexity index is 383. The maximum Gasteiger partial charge on any atom is 0.237 e. The maximum atomic E-state index is 11.7. The lowest BCUT2D eigenvalue weighted by Gasteiger charge is -2.16. The third-order valence-corrected chi connectivity index (χ3v) is 4.18. The molecule has 0 aliphatic heterocycles. The lowest BCUT2D eigenvalue weighted by molar-refractivity contribution is -0.123. The van der Waals surface area contributed by atoms with Crippen molar-refractivity contribution in [1.29, 1.82) is 0 Å². The minimum Gasteiger partial charge on any atom is -0.381 e. The van der Waals surface area contributed by atoms with Gasteiger partial charge in [-0.2, -0.15) is 0 Å². The third kappa shape index (κ3) is 5.32. The minimum absolute atomic E-state index is 0.0626. The van der Waals surface area contributed by atoms with E-state index in [2.05, 4.69) is 5.32 Å². The molecule has 1 saturated carbocycles. The van der Waals surface area contributed by atoms with Gasteiger partial charge in [-0.1, -0.05) is 0 Å². The quantitative estimate of drug-likeness (QED) is 0.678. The molecule has 0 aromatic heterocycles. The number of amides is 1. The van der Waals surface area contributed by atoms with Gasteiger partial charge in [0, 0.05) is 19.4 Å². The second-order valence-corrected chi connectivity index (χ2v) is 7.16. The van der Waals surface area contributed by atoms with Crippen molar-refractivity contribution < 1.29 is 17.9 Å². The van der Waals surface area contributed by atoms with Gasteiger partial charge < -0.3 is 15.8 Å². The second kappa shape index (κ2) is 6.49. The van der Waals surface area contributed by atoms with Crippen LogP contribution in [0.15, 0.2) is 0 Å². The van der Waals surface area contributed by atoms with E-state index in [1.807, 2.05) is 0 Å². The molecule has 1 aliphatic rings. The molecular weight excluding hydrogens is 256 g/mol. The van der Waals surface area contributed by atoms with Crippen LogP contribution in [0.25, 0.3) is 0 Å². The molecule has 7 heteroatoms. The molecule has 0 aromatic carbocycles. The van der Waals surface area contributed by atoms with Crippen molar-refractivity contribution in [3.8, 4) is 0 Å². The highest BCUT2D eigenvalue weighted by Gasteiger charge is 2.27. The lowest BCUT2D eigenvalue weighted by atomic mass is 10.2. The fraction of sp³-hybridized carbons (Fsp3) is 0.909. The number of carbonyl (C=O) groups excluding carboxylic acids is 1. The highest BCUT2D eigenvalue weighted by Crippen LogP contribution is 2.21. The normalized spacial score (nSPS) is 25.9. The maximum absolute atomic E-state index is 11.7. The standard InChI is InChI=1S/C11H22N2O4S/c1-17-9-4-3-8(7-9)13-11(14)10(12)5-6-18(2,15)16/h8-10H,3-7,12H2,1-2H3,(H,13,14). The topological polar surface area (TPSA) is 98.5 Å². The van der Waals surface area contributed by atoms with Gasteiger partial charge in [-0.15, -0.1) is 0 Å². The Morgan fingerprint density at radius 1 is 1.50 bits per heavy atom. The third-order valence-electron chi connectivity index (χ3n) is 3.20. The lowest BCUT2D eigenvalue weighted by Crippen LogP contribution is -2.45. The summed E-state index contributed by atoms with van der Waals surface area (Å²) in [4.78, 5) is 11.7. The molecular formula is C11H22N2O4S. The molecule has 3 unspecified atom stereocenters. The number of nitrogens with one attached hydrogen (secondary N) is 1. The first-order valence-corrected chi connectivity index (χ1v) is 8.14. The van der Waals surface area contributed by atoms with E-state index < -0.39 is 15.9 Å². The Kier molecular flexibility index (Phi) is 5.55. The van der Waals surface area contributed by atoms with Crippen molar-refractivity contribution in [2.45, 2.75) is 43.9 Å². The van der Waals surface area contributed by atoms with Crippen molar-refractivity contribution in [1.82, 2.24) is 5.32 Å². The Labute approximate surface area is 108 Å². The van der Waals surface area contributed by atoms with E-state index in [4.69, 9.17) is 10.5 Å². The fourth-order valence-electron chi connectivity index (χ4n) is 2.07. The summed E-state index contributed by atoms with van der Waals surface area (Å²) in [6, 6.07) is -0.673. The number of hydrogen-bond acceptors (Lipinski definition) is 5. The van der Waals surface area contributed by atoms with E-state index in [1.54, 1.807) is 7.11 Å². The number of carbonyl (C=O) groups is 1. The molecule has 1 rings (SSSR count). The molecule has 3 N–H and O–H groups in total. The van der Waals surface area contributed by atoms with Crippen molar-refractivity contribution >= 4 is 15.7 Å². The molecule has 1 aliphatic carbocycles. The van der Waals surface area contributed by atoms with Gasteiger partial charge in [-0.3, -0.25) is 4.79 Å². The first-order valence-electron chi connectivity index (χ1n) is 6.08. The first kappa shape index (κ1) is 15.4. The minimum atomic E-state index is -3.07. The average Bonchev–Trinajstić information content (AvgIpc) is 2.72. The number of ether oxygens (including phenoxy) is 1. The van der Waals surface area contributed by atoms with Gasteiger partial charge in [-0.05, 0) is 25.7 Å². The molecule has 0 bridgehead atoms. The Morgan fingerprint density at radius 3 is 2.67 bits per heavy atom. The first-order chi connectivity index (χ1) is 8.31. The van der Waals surface area contributed by atoms with E-state index in [9.17, 15) is 13.2 Å². The van der Waals surface area contributed by atoms with Crippen LogP contribution in [0.2, 0.25) is 0 Å². The van der Waals surface area contributed by atoms with Gasteiger partial charge in [0.05, 0.1) is 17.9 Å². The molecule has 1 amide bonds. The van der Waals surface area contributed by atoms with Crippen molar-refractivity contribution in [3.05, 3.63) is 0 Å². The van der Waals surface area contributed by atoms with Gasteiger partial charge in [0.15, 0.2) is 0 Å². The van der Waals surface area contributed by atoms with Gasteiger partial charge >= 0.3 is 0 Å². The van der Waals surface area contributed by atoms with Crippen molar-refractivity contribution in [3.63, 3.8) is 0 Å². The molecule has 6 nitrogen and oxygen atoms in total. The Hall–Kier alpha value is -0.660. The van der Waals surface area contributed by atoms with Crippen LogP contribution in [0.5, 0.6) is 0 Å². The zero-order chi connectivity index (χ0) is 13.8. The molecule has 0 heterocycles. The Morgan fingerprint density at radius 2 is 2.17 bits per heavy atom. The van der Waals surface area contributed by atoms with Crippen molar-refractivity contribution in [2.24, 2.45) is 5.73 Å². The summed E-state index contributed by atoms with van der Waals surface area (Å²) in [6.07, 6.45) is 4.09. The van der Waals surface area contributed by atoms with Crippen LogP contribution in [0.1, 0.15) is 25.7 Å². The summed E-state index contributed by atoms with van der Waals surface area (Å²) < 4.78 is 27.2. The molecule has 0 saturated heterocycles. The monoisotopic (exact) mass is 278 g/mol. The molecule has 0 spiro atoms. The molecule has 1 fully saturated rings. The second-order valence-electron chi connectivity index (χ2n) is 4.90. The number of hydrogen-bond donors (Lipinski definition) is 2. The molecule has 18 heavy (non-hydrogen) atoms. The largest absolute Gasteiger partial charge is 0.381 e. The number of nitrogens with two attached hydrogens (primary N) is 1. The number of methoxy groups -OCH3 is 1. The van der Waals surface area contributed by atoms with Gasteiger partial charge in [0.25, 0.3) is 0 Å². The summed E-state index contributed by atoms with van der Waals surface area (Å²) >= 11 is 0. The van der Waals surface area contributed by atoms with Crippen LogP contribution >= 0.6 is 0 Å². The van der Waals surface area contributed by atoms with Gasteiger partial charge in [-0.25, -0.2) is 8.42 Å². The SMILES string of the molecule is COC1CCC(NC(=O)C(N)CCS(C)(=O)=O)C1. The summed E-state index contributed by atoms with van der Waals surface area (Å²) in [5.74, 6) is -0.340. The number of sulfone groups is 1. The summed E-state index contributed by atoms with van der Waals surface area (Å²) in [5.41, 5.74) is 5.66. The smallest absolute Gasteiger partial charge is 0.237 e. The highest BCUT2D eigenvalue weighted by molar-refractivity contribution is 7.90. The van der Waals surface area contributed by atoms with E-state index in [0.29, 0.717) is 0 Å². The Balaban J connectivity index is 2.32. The van der Waals surface area contributed by atoms with Crippen LogP contribution in [-0.4, -0.2) is 51.6 Å². The molecule has 0 radical (unpaired) electrons. The van der Waals surface area contributed by atoms with Crippen LogP contribution in [0, 0.1) is 0 Å². The predicted octanol–water partition coefficient (Wildman–Crippen LogP) is -0.568. The molecule has 106 valence electrons. The van der Waals surface area contributed by atoms with E-state index >= 15 is 0 Å². The van der Waals surface area contributed by atoms with Crippen LogP contribution in [0.4, 0.5) is 0 Å². The zero-order valence-electron chi connectivity index (χ0n) is 10.9. The van der Waals surface area contributed by atoms with Crippen LogP contribution < -0.4 is 11.1 Å². The molecule has 0 aromatic rings. The zero-order valence-corrected chi connectivity index (χ0v) is 11.7. The molecule has 3 atom stereocenters. The highest BCUT2D eigenvalue weighted by atomic mass is 32.2. The number of rotatable bonds is 6. The van der Waals surface area contributed by atoms with Gasteiger partial charge in [0.2, 0.25) is 5.91 Å². The van der Waals surface area contributed by atoms with Crippen LogP contribution in [-0.2, 0) is 19.4 Å². The van der Waals surface area contributed by atoms with Crippen LogP contribution in [0.3, 0.4) is 0 Å². The predicted molar refractivity (Wildman–Crippen MR) is 68.9 cm³/mol. The fourth-order valence-corrected chi connectivity index (χ4v) is 2.75. The summed E-state index contributed by atoms with van der Waals surface area (Å²) in [5, 5.41) is 2.84. The van der Waals surface area contributed by atoms with E-state index in [0.717, 1.165) is 25.5 Å². The van der Waals surface area contributed by atoms with E-state index in [1.165, 1.54) is 0 Å². The van der Waals surface area contributed by atoms with E-state index in [-0.39, 0.29) is 30.2 Å².